The Bertz CT molecular complexity index is 302. The summed E-state index contributed by atoms with van der Waals surface area (Å²) in [5, 5.41) is 3.44. The lowest BCUT2D eigenvalue weighted by Crippen LogP contribution is -2.46. The van der Waals surface area contributed by atoms with Crippen molar-refractivity contribution < 1.29 is 4.74 Å². The molecule has 1 unspecified atom stereocenters. The van der Waals surface area contributed by atoms with Crippen LogP contribution in [0.1, 0.15) is 26.7 Å². The van der Waals surface area contributed by atoms with Gasteiger partial charge in [-0.2, -0.15) is 0 Å². The number of hydrogen-bond acceptors (Lipinski definition) is 3. The number of morpholine rings is 1. The lowest BCUT2D eigenvalue weighted by molar-refractivity contribution is 0.0394. The maximum atomic E-state index is 5.37. The van der Waals surface area contributed by atoms with Crippen LogP contribution in [0.5, 0.6) is 0 Å². The summed E-state index contributed by atoms with van der Waals surface area (Å²) < 4.78 is 5.37. The highest BCUT2D eigenvalue weighted by atomic mass is 16.5. The van der Waals surface area contributed by atoms with Crippen LogP contribution in [0.2, 0.25) is 0 Å². The third kappa shape index (κ3) is 4.94. The number of hydrogen-bond donors (Lipinski definition) is 1. The van der Waals surface area contributed by atoms with E-state index in [2.05, 4.69) is 29.0 Å². The van der Waals surface area contributed by atoms with E-state index in [4.69, 9.17) is 9.73 Å². The maximum absolute atomic E-state index is 5.37. The average molecular weight is 282 g/mol. The van der Waals surface area contributed by atoms with Crippen molar-refractivity contribution in [2.45, 2.75) is 26.7 Å². The summed E-state index contributed by atoms with van der Waals surface area (Å²) in [6.45, 7) is 13.5. The van der Waals surface area contributed by atoms with Gasteiger partial charge in [-0.15, -0.1) is 0 Å². The van der Waals surface area contributed by atoms with Gasteiger partial charge in [0.15, 0.2) is 5.96 Å². The van der Waals surface area contributed by atoms with E-state index in [1.165, 1.54) is 12.8 Å². The molecule has 0 bridgehead atoms. The molecule has 2 rings (SSSR count). The van der Waals surface area contributed by atoms with E-state index in [1.54, 1.807) is 0 Å². The van der Waals surface area contributed by atoms with Gasteiger partial charge in [0.25, 0.3) is 0 Å². The lowest BCUT2D eigenvalue weighted by atomic mass is 10.0. The summed E-state index contributed by atoms with van der Waals surface area (Å²) in [6, 6.07) is 0. The molecule has 116 valence electrons. The van der Waals surface area contributed by atoms with Gasteiger partial charge in [-0.3, -0.25) is 9.89 Å². The molecule has 0 aromatic carbocycles. The molecule has 0 spiro atoms. The molecule has 0 amide bonds. The molecule has 5 heteroatoms. The Kier molecular flexibility index (Phi) is 6.60. The van der Waals surface area contributed by atoms with E-state index in [1.807, 2.05) is 0 Å². The molecule has 20 heavy (non-hydrogen) atoms. The third-order valence-corrected chi connectivity index (χ3v) is 4.07. The molecule has 2 heterocycles. The summed E-state index contributed by atoms with van der Waals surface area (Å²) in [6.07, 6.45) is 2.64. The van der Waals surface area contributed by atoms with Crippen molar-refractivity contribution in [2.75, 3.05) is 59.0 Å². The molecule has 1 N–H and O–H groups in total. The Labute approximate surface area is 123 Å². The first kappa shape index (κ1) is 15.6. The summed E-state index contributed by atoms with van der Waals surface area (Å²) in [5.41, 5.74) is 0. The fraction of sp³-hybridized carbons (Fsp3) is 0.933. The van der Waals surface area contributed by atoms with Gasteiger partial charge >= 0.3 is 0 Å². The number of ether oxygens (including phenoxy) is 1. The molecule has 2 fully saturated rings. The fourth-order valence-electron chi connectivity index (χ4n) is 2.93. The van der Waals surface area contributed by atoms with E-state index in [9.17, 15) is 0 Å². The highest BCUT2D eigenvalue weighted by molar-refractivity contribution is 5.80. The smallest absolute Gasteiger partial charge is 0.193 e. The number of aliphatic imine (C=N–C) groups is 1. The van der Waals surface area contributed by atoms with Crippen molar-refractivity contribution in [3.8, 4) is 0 Å². The van der Waals surface area contributed by atoms with Crippen LogP contribution in [0.4, 0.5) is 0 Å². The number of rotatable bonds is 4. The molecular formula is C15H30N4O. The molecule has 0 aliphatic carbocycles. The molecule has 0 aromatic rings. The molecule has 2 saturated heterocycles. The Morgan fingerprint density at radius 3 is 2.80 bits per heavy atom. The minimum Gasteiger partial charge on any atom is -0.379 e. The van der Waals surface area contributed by atoms with Gasteiger partial charge in [0.1, 0.15) is 0 Å². The second kappa shape index (κ2) is 8.47. The monoisotopic (exact) mass is 282 g/mol. The molecule has 1 atom stereocenters. The largest absolute Gasteiger partial charge is 0.379 e. The van der Waals surface area contributed by atoms with Gasteiger partial charge < -0.3 is 15.0 Å². The quantitative estimate of drug-likeness (QED) is 0.617. The van der Waals surface area contributed by atoms with Crippen LogP contribution in [0.3, 0.4) is 0 Å². The van der Waals surface area contributed by atoms with Gasteiger partial charge in [-0.1, -0.05) is 6.92 Å². The van der Waals surface area contributed by atoms with Crippen molar-refractivity contribution in [2.24, 2.45) is 10.9 Å². The first-order chi connectivity index (χ1) is 9.79. The van der Waals surface area contributed by atoms with Crippen LogP contribution < -0.4 is 5.32 Å². The number of likely N-dealkylation sites (tertiary alicyclic amines) is 1. The third-order valence-electron chi connectivity index (χ3n) is 4.07. The summed E-state index contributed by atoms with van der Waals surface area (Å²) in [4.78, 5) is 9.68. The van der Waals surface area contributed by atoms with E-state index in [0.717, 1.165) is 70.9 Å². The molecule has 2 aliphatic heterocycles. The Hall–Kier alpha value is -0.810. The molecular weight excluding hydrogens is 252 g/mol. The summed E-state index contributed by atoms with van der Waals surface area (Å²) >= 11 is 0. The predicted molar refractivity (Wildman–Crippen MR) is 83.2 cm³/mol. The molecule has 2 aliphatic rings. The van der Waals surface area contributed by atoms with Crippen LogP contribution in [-0.2, 0) is 4.74 Å². The van der Waals surface area contributed by atoms with E-state index < -0.39 is 0 Å². The van der Waals surface area contributed by atoms with Crippen LogP contribution in [0, 0.1) is 5.92 Å². The first-order valence-corrected chi connectivity index (χ1v) is 8.13. The maximum Gasteiger partial charge on any atom is 0.193 e. The normalized spacial score (nSPS) is 25.8. The average Bonchev–Trinajstić information content (AvgIpc) is 2.47. The zero-order valence-corrected chi connectivity index (χ0v) is 13.1. The standard InChI is InChI=1S/C15H30N4O/c1-3-16-15(19-7-4-5-14(2)13-19)17-6-8-18-9-11-20-12-10-18/h14H,3-13H2,1-2H3,(H,16,17). The highest BCUT2D eigenvalue weighted by Gasteiger charge is 2.19. The van der Waals surface area contributed by atoms with Crippen LogP contribution in [-0.4, -0.2) is 74.8 Å². The van der Waals surface area contributed by atoms with Crippen molar-refractivity contribution in [3.05, 3.63) is 0 Å². The second-order valence-corrected chi connectivity index (χ2v) is 5.88. The van der Waals surface area contributed by atoms with Crippen LogP contribution in [0.25, 0.3) is 0 Å². The zero-order chi connectivity index (χ0) is 14.2. The number of guanidine groups is 1. The van der Waals surface area contributed by atoms with Crippen LogP contribution in [0.15, 0.2) is 4.99 Å². The minimum absolute atomic E-state index is 0.784. The predicted octanol–water partition coefficient (Wildman–Crippen LogP) is 1.02. The molecule has 0 saturated carbocycles. The fourth-order valence-corrected chi connectivity index (χ4v) is 2.93. The van der Waals surface area contributed by atoms with Crippen molar-refractivity contribution in [3.63, 3.8) is 0 Å². The number of nitrogens with one attached hydrogen (secondary N) is 1. The van der Waals surface area contributed by atoms with Gasteiger partial charge in [0.2, 0.25) is 0 Å². The first-order valence-electron chi connectivity index (χ1n) is 8.13. The Morgan fingerprint density at radius 2 is 2.10 bits per heavy atom. The minimum atomic E-state index is 0.784. The molecule has 0 aromatic heterocycles. The number of nitrogens with zero attached hydrogens (tertiary/aromatic N) is 3. The Morgan fingerprint density at radius 1 is 1.30 bits per heavy atom. The Balaban J connectivity index is 1.81. The van der Waals surface area contributed by atoms with Crippen molar-refractivity contribution >= 4 is 5.96 Å². The summed E-state index contributed by atoms with van der Waals surface area (Å²) in [7, 11) is 0. The molecule has 0 radical (unpaired) electrons. The summed E-state index contributed by atoms with van der Waals surface area (Å²) in [5.74, 6) is 1.89. The van der Waals surface area contributed by atoms with E-state index in [0.29, 0.717) is 0 Å². The number of piperidine rings is 1. The van der Waals surface area contributed by atoms with Gasteiger partial charge in [0.05, 0.1) is 19.8 Å². The SMILES string of the molecule is CCNC(=NCCN1CCOCC1)N1CCCC(C)C1. The van der Waals surface area contributed by atoms with Crippen molar-refractivity contribution in [1.29, 1.82) is 0 Å². The van der Waals surface area contributed by atoms with Gasteiger partial charge in [-0.05, 0) is 25.7 Å². The van der Waals surface area contributed by atoms with Crippen molar-refractivity contribution in [1.82, 2.24) is 15.1 Å². The lowest BCUT2D eigenvalue weighted by Gasteiger charge is -2.33. The van der Waals surface area contributed by atoms with Gasteiger partial charge in [0, 0.05) is 39.3 Å². The second-order valence-electron chi connectivity index (χ2n) is 5.88. The zero-order valence-electron chi connectivity index (χ0n) is 13.1. The van der Waals surface area contributed by atoms with Gasteiger partial charge in [-0.25, -0.2) is 0 Å². The van der Waals surface area contributed by atoms with Crippen LogP contribution >= 0.6 is 0 Å². The topological polar surface area (TPSA) is 40.1 Å². The van der Waals surface area contributed by atoms with E-state index >= 15 is 0 Å². The van der Waals surface area contributed by atoms with E-state index in [-0.39, 0.29) is 0 Å². The highest BCUT2D eigenvalue weighted by Crippen LogP contribution is 2.15. The molecule has 5 nitrogen and oxygen atoms in total.